The topological polar surface area (TPSA) is 87.9 Å². The molecule has 0 heterocycles. The van der Waals surface area contributed by atoms with Crippen LogP contribution in [0.3, 0.4) is 0 Å². The van der Waals surface area contributed by atoms with Crippen LogP contribution in [0.15, 0.2) is 12.1 Å². The predicted molar refractivity (Wildman–Crippen MR) is 61.8 cm³/mol. The average Bonchev–Trinajstić information content (AvgIpc) is 2.36. The molecule has 0 aliphatic carbocycles. The van der Waals surface area contributed by atoms with E-state index in [9.17, 15) is 14.9 Å². The van der Waals surface area contributed by atoms with Gasteiger partial charge in [-0.3, -0.25) is 14.9 Å². The third-order valence-electron chi connectivity index (χ3n) is 2.43. The second kappa shape index (κ2) is 5.85. The van der Waals surface area contributed by atoms with Gasteiger partial charge in [-0.1, -0.05) is 0 Å². The van der Waals surface area contributed by atoms with Crippen molar-refractivity contribution in [2.75, 3.05) is 14.2 Å². The zero-order valence-electron chi connectivity index (χ0n) is 10.2. The van der Waals surface area contributed by atoms with E-state index in [-0.39, 0.29) is 29.2 Å². The Balaban J connectivity index is 3.43. The van der Waals surface area contributed by atoms with Gasteiger partial charge in [0.15, 0.2) is 5.75 Å². The number of nitro benzene ring substituents is 1. The molecule has 1 unspecified atom stereocenters. The Labute approximate surface area is 103 Å². The highest BCUT2D eigenvalue weighted by atomic mass is 16.6. The van der Waals surface area contributed by atoms with E-state index in [2.05, 4.69) is 0 Å². The van der Waals surface area contributed by atoms with Crippen LogP contribution >= 0.6 is 0 Å². The van der Waals surface area contributed by atoms with Gasteiger partial charge in [0.25, 0.3) is 6.47 Å². The van der Waals surface area contributed by atoms with Crippen molar-refractivity contribution in [1.82, 2.24) is 0 Å². The molecule has 1 aromatic rings. The molecule has 0 saturated carbocycles. The summed E-state index contributed by atoms with van der Waals surface area (Å²) in [5.41, 5.74) is -0.0315. The summed E-state index contributed by atoms with van der Waals surface area (Å²) in [6.45, 7) is 1.77. The van der Waals surface area contributed by atoms with E-state index in [0.717, 1.165) is 0 Å². The lowest BCUT2D eigenvalue weighted by atomic mass is 10.1. The molecule has 1 atom stereocenters. The first kappa shape index (κ1) is 13.8. The minimum absolute atomic E-state index is 0.00125. The normalized spacial score (nSPS) is 11.5. The van der Waals surface area contributed by atoms with Crippen LogP contribution in [0.5, 0.6) is 11.5 Å². The fourth-order valence-corrected chi connectivity index (χ4v) is 1.60. The van der Waals surface area contributed by atoms with Crippen molar-refractivity contribution in [3.05, 3.63) is 27.8 Å². The molecule has 7 heteroatoms. The van der Waals surface area contributed by atoms with Crippen molar-refractivity contribution in [1.29, 1.82) is 0 Å². The summed E-state index contributed by atoms with van der Waals surface area (Å²) >= 11 is 0. The van der Waals surface area contributed by atoms with Crippen LogP contribution in [0.1, 0.15) is 18.6 Å². The van der Waals surface area contributed by atoms with Crippen molar-refractivity contribution >= 4 is 12.2 Å². The first-order chi connectivity index (χ1) is 8.56. The number of benzene rings is 1. The molecule has 0 N–H and O–H groups in total. The van der Waals surface area contributed by atoms with E-state index < -0.39 is 11.0 Å². The molecule has 0 bridgehead atoms. The molecular weight excluding hydrogens is 242 g/mol. The predicted octanol–water partition coefficient (Wildman–Crippen LogP) is 1.85. The van der Waals surface area contributed by atoms with Gasteiger partial charge in [0.2, 0.25) is 5.75 Å². The third-order valence-corrected chi connectivity index (χ3v) is 2.43. The largest absolute Gasteiger partial charge is 0.493 e. The highest BCUT2D eigenvalue weighted by Gasteiger charge is 2.28. The standard InChI is InChI=1S/C11H13NO6/c1-7(18-6-13)8-4-5-9(16-2)11(17-3)10(8)12(14)15/h4-7H,1-3H3. The molecule has 0 saturated heterocycles. The summed E-state index contributed by atoms with van der Waals surface area (Å²) in [7, 11) is 2.69. The summed E-state index contributed by atoms with van der Waals surface area (Å²) in [6, 6.07) is 2.99. The zero-order chi connectivity index (χ0) is 13.7. The second-order valence-electron chi connectivity index (χ2n) is 3.37. The van der Waals surface area contributed by atoms with E-state index in [0.29, 0.717) is 0 Å². The molecular formula is C11H13NO6. The van der Waals surface area contributed by atoms with Crippen LogP contribution in [-0.2, 0) is 9.53 Å². The summed E-state index contributed by atoms with van der Waals surface area (Å²) in [4.78, 5) is 20.8. The minimum Gasteiger partial charge on any atom is -0.493 e. The first-order valence-electron chi connectivity index (χ1n) is 5.05. The fourth-order valence-electron chi connectivity index (χ4n) is 1.60. The number of hydrogen-bond acceptors (Lipinski definition) is 6. The summed E-state index contributed by atoms with van der Waals surface area (Å²) in [6.07, 6.45) is -0.747. The Morgan fingerprint density at radius 3 is 2.44 bits per heavy atom. The molecule has 0 fully saturated rings. The Morgan fingerprint density at radius 1 is 1.33 bits per heavy atom. The number of hydrogen-bond donors (Lipinski definition) is 0. The Kier molecular flexibility index (Phi) is 4.47. The molecule has 98 valence electrons. The number of rotatable bonds is 6. The SMILES string of the molecule is COc1ccc(C(C)OC=O)c([N+](=O)[O-])c1OC. The monoisotopic (exact) mass is 255 g/mol. The number of nitrogens with zero attached hydrogens (tertiary/aromatic N) is 1. The molecule has 0 aromatic heterocycles. The van der Waals surface area contributed by atoms with Crippen LogP contribution in [-0.4, -0.2) is 25.6 Å². The van der Waals surface area contributed by atoms with Gasteiger partial charge in [0.05, 0.1) is 24.7 Å². The van der Waals surface area contributed by atoms with Gasteiger partial charge < -0.3 is 14.2 Å². The van der Waals surface area contributed by atoms with E-state index in [4.69, 9.17) is 14.2 Å². The molecule has 1 aromatic carbocycles. The summed E-state index contributed by atoms with van der Waals surface area (Å²) in [5, 5.41) is 11.1. The Bertz CT molecular complexity index is 459. The highest BCUT2D eigenvalue weighted by molar-refractivity contribution is 5.61. The molecule has 0 aliphatic rings. The molecule has 7 nitrogen and oxygen atoms in total. The number of carbonyl (C=O) groups is 1. The number of nitro groups is 1. The number of carbonyl (C=O) groups excluding carboxylic acids is 1. The van der Waals surface area contributed by atoms with Gasteiger partial charge in [0, 0.05) is 0 Å². The van der Waals surface area contributed by atoms with E-state index in [1.165, 1.54) is 33.3 Å². The Morgan fingerprint density at radius 2 is 2.00 bits per heavy atom. The first-order valence-corrected chi connectivity index (χ1v) is 5.05. The molecule has 0 radical (unpaired) electrons. The smallest absolute Gasteiger partial charge is 0.321 e. The molecule has 0 amide bonds. The van der Waals surface area contributed by atoms with Gasteiger partial charge >= 0.3 is 5.69 Å². The van der Waals surface area contributed by atoms with Crippen LogP contribution < -0.4 is 9.47 Å². The fraction of sp³-hybridized carbons (Fsp3) is 0.364. The molecule has 0 spiro atoms. The second-order valence-corrected chi connectivity index (χ2v) is 3.37. The van der Waals surface area contributed by atoms with Crippen LogP contribution in [0.4, 0.5) is 5.69 Å². The average molecular weight is 255 g/mol. The summed E-state index contributed by atoms with van der Waals surface area (Å²) < 4.78 is 14.7. The molecule has 18 heavy (non-hydrogen) atoms. The highest BCUT2D eigenvalue weighted by Crippen LogP contribution is 2.42. The van der Waals surface area contributed by atoms with Crippen molar-refractivity contribution in [2.24, 2.45) is 0 Å². The molecule has 0 aliphatic heterocycles. The number of ether oxygens (including phenoxy) is 3. The van der Waals surface area contributed by atoms with Crippen molar-refractivity contribution < 1.29 is 23.9 Å². The van der Waals surface area contributed by atoms with Crippen molar-refractivity contribution in [3.8, 4) is 11.5 Å². The lowest BCUT2D eigenvalue weighted by molar-refractivity contribution is -0.387. The van der Waals surface area contributed by atoms with Crippen LogP contribution in [0.2, 0.25) is 0 Å². The van der Waals surface area contributed by atoms with E-state index >= 15 is 0 Å². The quantitative estimate of drug-likeness (QED) is 0.438. The van der Waals surface area contributed by atoms with E-state index in [1.807, 2.05) is 0 Å². The van der Waals surface area contributed by atoms with Crippen molar-refractivity contribution in [3.63, 3.8) is 0 Å². The van der Waals surface area contributed by atoms with Crippen LogP contribution in [0, 0.1) is 10.1 Å². The van der Waals surface area contributed by atoms with Gasteiger partial charge in [-0.15, -0.1) is 0 Å². The lowest BCUT2D eigenvalue weighted by Crippen LogP contribution is -2.05. The Hall–Kier alpha value is -2.31. The van der Waals surface area contributed by atoms with Gasteiger partial charge in [-0.25, -0.2) is 0 Å². The van der Waals surface area contributed by atoms with Gasteiger partial charge in [-0.2, -0.15) is 0 Å². The maximum Gasteiger partial charge on any atom is 0.321 e. The third kappa shape index (κ3) is 2.50. The van der Waals surface area contributed by atoms with Crippen LogP contribution in [0.25, 0.3) is 0 Å². The summed E-state index contributed by atoms with van der Waals surface area (Å²) in [5.74, 6) is 0.243. The molecule has 1 rings (SSSR count). The van der Waals surface area contributed by atoms with Crippen molar-refractivity contribution in [2.45, 2.75) is 13.0 Å². The maximum absolute atomic E-state index is 11.1. The lowest BCUT2D eigenvalue weighted by Gasteiger charge is -2.14. The van der Waals surface area contributed by atoms with Gasteiger partial charge in [-0.05, 0) is 19.1 Å². The number of methoxy groups -OCH3 is 2. The maximum atomic E-state index is 11.1. The van der Waals surface area contributed by atoms with Gasteiger partial charge in [0.1, 0.15) is 6.10 Å². The zero-order valence-corrected chi connectivity index (χ0v) is 10.2. The minimum atomic E-state index is -0.747. The van der Waals surface area contributed by atoms with E-state index in [1.54, 1.807) is 0 Å².